The monoisotopic (exact) mass is 383 g/mol. The van der Waals surface area contributed by atoms with E-state index in [0.717, 1.165) is 6.07 Å². The number of hydrogen-bond donors (Lipinski definition) is 1. The van der Waals surface area contributed by atoms with Gasteiger partial charge in [0.15, 0.2) is 0 Å². The molecule has 21 heavy (non-hydrogen) atoms. The smallest absolute Gasteiger partial charge is 0.244 e. The summed E-state index contributed by atoms with van der Waals surface area (Å²) < 4.78 is 59.3. The molecule has 8 heteroatoms. The van der Waals surface area contributed by atoms with Crippen molar-refractivity contribution in [3.05, 3.63) is 28.2 Å². The molecule has 1 saturated heterocycles. The number of rotatable bonds is 3. The van der Waals surface area contributed by atoms with E-state index in [1.54, 1.807) is 0 Å². The van der Waals surface area contributed by atoms with Crippen LogP contribution in [0.15, 0.2) is 21.5 Å². The number of hydrogen-bond acceptors (Lipinski definition) is 3. The molecule has 4 nitrogen and oxygen atoms in total. The lowest BCUT2D eigenvalue weighted by atomic mass is 9.95. The van der Waals surface area contributed by atoms with Crippen molar-refractivity contribution in [1.82, 2.24) is 4.72 Å². The predicted molar refractivity (Wildman–Crippen MR) is 77.4 cm³/mol. The third-order valence-corrected chi connectivity index (χ3v) is 5.73. The third kappa shape index (κ3) is 4.00. The molecule has 1 atom stereocenters. The second kappa shape index (κ2) is 5.91. The van der Waals surface area contributed by atoms with Crippen LogP contribution in [-0.2, 0) is 14.8 Å². The van der Waals surface area contributed by atoms with Gasteiger partial charge in [0.05, 0.1) is 5.60 Å². The average molecular weight is 384 g/mol. The largest absolute Gasteiger partial charge is 0.375 e. The van der Waals surface area contributed by atoms with Crippen LogP contribution >= 0.6 is 15.9 Å². The Balaban J connectivity index is 2.27. The molecule has 0 aromatic heterocycles. The van der Waals surface area contributed by atoms with Crippen molar-refractivity contribution >= 4 is 26.0 Å². The van der Waals surface area contributed by atoms with Crippen LogP contribution in [0.1, 0.15) is 26.7 Å². The SMILES string of the molecule is CC1(C)CC(NS(=O)(=O)c2c(F)cc(F)cc2Br)CCO1. The second-order valence-electron chi connectivity index (χ2n) is 5.62. The fourth-order valence-corrected chi connectivity index (χ4v) is 4.83. The van der Waals surface area contributed by atoms with E-state index >= 15 is 0 Å². The van der Waals surface area contributed by atoms with E-state index in [-0.39, 0.29) is 10.5 Å². The summed E-state index contributed by atoms with van der Waals surface area (Å²) in [5.41, 5.74) is -0.440. The normalized spacial score (nSPS) is 22.2. The molecule has 1 aliphatic heterocycles. The van der Waals surface area contributed by atoms with Crippen LogP contribution in [0.5, 0.6) is 0 Å². The maximum atomic E-state index is 13.8. The molecule has 0 spiro atoms. The first kappa shape index (κ1) is 16.8. The average Bonchev–Trinajstić information content (AvgIpc) is 2.23. The van der Waals surface area contributed by atoms with Crippen molar-refractivity contribution in [3.63, 3.8) is 0 Å². The topological polar surface area (TPSA) is 55.4 Å². The molecule has 0 radical (unpaired) electrons. The van der Waals surface area contributed by atoms with E-state index in [9.17, 15) is 17.2 Å². The Morgan fingerprint density at radius 3 is 2.62 bits per heavy atom. The summed E-state index contributed by atoms with van der Waals surface area (Å²) in [4.78, 5) is -0.576. The standard InChI is InChI=1S/C13H16BrF2NO3S/c1-13(2)7-9(3-4-20-13)17-21(18,19)12-10(14)5-8(15)6-11(12)16/h5-6,9,17H,3-4,7H2,1-2H3. The first-order valence-corrected chi connectivity index (χ1v) is 8.69. The Morgan fingerprint density at radius 1 is 1.38 bits per heavy atom. The van der Waals surface area contributed by atoms with E-state index in [0.29, 0.717) is 25.5 Å². The maximum absolute atomic E-state index is 13.8. The lowest BCUT2D eigenvalue weighted by Crippen LogP contribution is -2.45. The highest BCUT2D eigenvalue weighted by Gasteiger charge is 2.33. The summed E-state index contributed by atoms with van der Waals surface area (Å²) in [5, 5.41) is 0. The molecule has 1 fully saturated rings. The molecule has 0 bridgehead atoms. The summed E-state index contributed by atoms with van der Waals surface area (Å²) in [6.07, 6.45) is 0.982. The Morgan fingerprint density at radius 2 is 2.05 bits per heavy atom. The van der Waals surface area contributed by atoms with Crippen molar-refractivity contribution in [2.45, 2.75) is 43.2 Å². The first-order valence-electron chi connectivity index (χ1n) is 6.41. The van der Waals surface area contributed by atoms with E-state index < -0.39 is 32.2 Å². The van der Waals surface area contributed by atoms with Crippen LogP contribution in [0.4, 0.5) is 8.78 Å². The zero-order chi connectivity index (χ0) is 15.8. The highest BCUT2D eigenvalue weighted by atomic mass is 79.9. The minimum atomic E-state index is -4.08. The van der Waals surface area contributed by atoms with Crippen LogP contribution in [0.25, 0.3) is 0 Å². The van der Waals surface area contributed by atoms with Gasteiger partial charge in [-0.3, -0.25) is 0 Å². The fraction of sp³-hybridized carbons (Fsp3) is 0.538. The lowest BCUT2D eigenvalue weighted by Gasteiger charge is -2.35. The molecule has 1 unspecified atom stereocenters. The van der Waals surface area contributed by atoms with Crippen LogP contribution < -0.4 is 4.72 Å². The Bertz CT molecular complexity index is 626. The summed E-state index contributed by atoms with van der Waals surface area (Å²) in [6, 6.07) is 1.12. The van der Waals surface area contributed by atoms with Crippen molar-refractivity contribution in [1.29, 1.82) is 0 Å². The summed E-state index contributed by atoms with van der Waals surface area (Å²) in [7, 11) is -4.08. The highest BCUT2D eigenvalue weighted by Crippen LogP contribution is 2.29. The Labute approximate surface area is 131 Å². The van der Waals surface area contributed by atoms with Gasteiger partial charge < -0.3 is 4.74 Å². The second-order valence-corrected chi connectivity index (χ2v) is 8.12. The highest BCUT2D eigenvalue weighted by molar-refractivity contribution is 9.10. The molecule has 2 rings (SSSR count). The number of benzene rings is 1. The van der Waals surface area contributed by atoms with Crippen LogP contribution in [0.3, 0.4) is 0 Å². The van der Waals surface area contributed by atoms with Crippen LogP contribution in [0, 0.1) is 11.6 Å². The molecule has 0 amide bonds. The van der Waals surface area contributed by atoms with Gasteiger partial charge in [-0.1, -0.05) is 0 Å². The zero-order valence-corrected chi connectivity index (χ0v) is 14.0. The van der Waals surface area contributed by atoms with Gasteiger partial charge in [0.2, 0.25) is 10.0 Å². The van der Waals surface area contributed by atoms with Gasteiger partial charge in [0, 0.05) is 23.2 Å². The molecule has 1 aromatic rings. The zero-order valence-electron chi connectivity index (χ0n) is 11.6. The molecule has 1 N–H and O–H groups in total. The van der Waals surface area contributed by atoms with Gasteiger partial charge in [-0.15, -0.1) is 0 Å². The number of nitrogens with one attached hydrogen (secondary N) is 1. The molecule has 1 aliphatic rings. The van der Waals surface area contributed by atoms with Gasteiger partial charge in [0.25, 0.3) is 0 Å². The summed E-state index contributed by atoms with van der Waals surface area (Å²) >= 11 is 2.90. The predicted octanol–water partition coefficient (Wildman–Crippen LogP) is 2.96. The lowest BCUT2D eigenvalue weighted by molar-refractivity contribution is -0.0599. The van der Waals surface area contributed by atoms with Gasteiger partial charge in [-0.05, 0) is 48.7 Å². The van der Waals surface area contributed by atoms with Gasteiger partial charge in [-0.25, -0.2) is 21.9 Å². The van der Waals surface area contributed by atoms with E-state index in [2.05, 4.69) is 20.7 Å². The molecule has 1 heterocycles. The molecular weight excluding hydrogens is 368 g/mol. The van der Waals surface area contributed by atoms with Crippen molar-refractivity contribution < 1.29 is 21.9 Å². The van der Waals surface area contributed by atoms with Crippen LogP contribution in [0.2, 0.25) is 0 Å². The number of ether oxygens (including phenoxy) is 1. The van der Waals surface area contributed by atoms with Gasteiger partial charge >= 0.3 is 0 Å². The summed E-state index contributed by atoms with van der Waals surface area (Å²) in [6.45, 7) is 4.15. The quantitative estimate of drug-likeness (QED) is 0.872. The van der Waals surface area contributed by atoms with E-state index in [4.69, 9.17) is 4.74 Å². The fourth-order valence-electron chi connectivity index (χ4n) is 2.40. The number of sulfonamides is 1. The van der Waals surface area contributed by atoms with E-state index in [1.807, 2.05) is 13.8 Å². The molecule has 0 aliphatic carbocycles. The summed E-state index contributed by atoms with van der Waals surface area (Å²) in [5.74, 6) is -1.97. The van der Waals surface area contributed by atoms with Crippen molar-refractivity contribution in [3.8, 4) is 0 Å². The van der Waals surface area contributed by atoms with Crippen molar-refractivity contribution in [2.75, 3.05) is 6.61 Å². The molecule has 1 aromatic carbocycles. The van der Waals surface area contributed by atoms with E-state index in [1.165, 1.54) is 0 Å². The Hall–Kier alpha value is -0.570. The van der Waals surface area contributed by atoms with Gasteiger partial charge in [-0.2, -0.15) is 0 Å². The molecule has 0 saturated carbocycles. The van der Waals surface area contributed by atoms with Gasteiger partial charge in [0.1, 0.15) is 16.5 Å². The third-order valence-electron chi connectivity index (χ3n) is 3.25. The molecular formula is C13H16BrF2NO3S. The number of halogens is 3. The maximum Gasteiger partial charge on any atom is 0.244 e. The minimum Gasteiger partial charge on any atom is -0.375 e. The van der Waals surface area contributed by atoms with Crippen LogP contribution in [-0.4, -0.2) is 26.7 Å². The Kier molecular flexibility index (Phi) is 4.72. The van der Waals surface area contributed by atoms with Crippen molar-refractivity contribution in [2.24, 2.45) is 0 Å². The minimum absolute atomic E-state index is 0.140. The first-order chi connectivity index (χ1) is 9.61. The molecule has 118 valence electrons.